The lowest BCUT2D eigenvalue weighted by molar-refractivity contribution is -0.113. The van der Waals surface area contributed by atoms with E-state index >= 15 is 0 Å². The van der Waals surface area contributed by atoms with Crippen molar-refractivity contribution in [2.75, 3.05) is 32.3 Å². The Bertz CT molecular complexity index is 1290. The fourth-order valence-corrected chi connectivity index (χ4v) is 5.51. The van der Waals surface area contributed by atoms with E-state index in [-0.39, 0.29) is 28.1 Å². The van der Waals surface area contributed by atoms with Crippen LogP contribution in [-0.2, 0) is 16.1 Å². The summed E-state index contributed by atoms with van der Waals surface area (Å²) in [5.74, 6) is -0.654. The lowest BCUT2D eigenvalue weighted by Crippen LogP contribution is -2.21. The zero-order valence-corrected chi connectivity index (χ0v) is 22.8. The molecule has 0 aliphatic carbocycles. The van der Waals surface area contributed by atoms with Gasteiger partial charge in [0.15, 0.2) is 11.0 Å². The quantitative estimate of drug-likeness (QED) is 0.312. The summed E-state index contributed by atoms with van der Waals surface area (Å²) in [6.45, 7) is 4.16. The molecule has 1 N–H and O–H groups in total. The van der Waals surface area contributed by atoms with Crippen molar-refractivity contribution in [2.45, 2.75) is 25.5 Å². The molecule has 35 heavy (non-hydrogen) atoms. The van der Waals surface area contributed by atoms with Gasteiger partial charge in [-0.2, -0.15) is 0 Å². The van der Waals surface area contributed by atoms with Gasteiger partial charge in [-0.3, -0.25) is 9.59 Å². The van der Waals surface area contributed by atoms with Crippen molar-refractivity contribution in [2.24, 2.45) is 0 Å². The van der Waals surface area contributed by atoms with Crippen LogP contribution in [0.1, 0.15) is 32.5 Å². The third kappa shape index (κ3) is 5.80. The standard InChI is InChI=1S/C22H23Cl2N5O4S2/c1-6-29-18(12-7-8-13(23)14(24)9-12)26-27-22(29)34-10-15(30)25-19-16(21(32)33-5)11(2)17(35-19)20(31)28(3)4/h7-9H,6,10H2,1-5H3,(H,25,30). The van der Waals surface area contributed by atoms with Crippen molar-refractivity contribution >= 4 is 69.1 Å². The largest absolute Gasteiger partial charge is 0.465 e. The highest BCUT2D eigenvalue weighted by molar-refractivity contribution is 7.99. The van der Waals surface area contributed by atoms with Crippen molar-refractivity contribution in [3.8, 4) is 11.4 Å². The molecule has 3 rings (SSSR count). The number of benzene rings is 1. The molecule has 0 bridgehead atoms. The monoisotopic (exact) mass is 555 g/mol. The number of aromatic nitrogens is 3. The summed E-state index contributed by atoms with van der Waals surface area (Å²) >= 11 is 14.4. The number of hydrogen-bond acceptors (Lipinski definition) is 8. The number of esters is 1. The van der Waals surface area contributed by atoms with Crippen LogP contribution in [0.2, 0.25) is 10.0 Å². The topological polar surface area (TPSA) is 106 Å². The lowest BCUT2D eigenvalue weighted by Gasteiger charge is -2.09. The first-order valence-electron chi connectivity index (χ1n) is 10.3. The minimum absolute atomic E-state index is 0.00796. The second-order valence-electron chi connectivity index (χ2n) is 7.47. The van der Waals surface area contributed by atoms with Gasteiger partial charge in [0.05, 0.1) is 33.3 Å². The van der Waals surface area contributed by atoms with E-state index in [9.17, 15) is 14.4 Å². The van der Waals surface area contributed by atoms with Gasteiger partial charge in [-0.25, -0.2) is 4.79 Å². The van der Waals surface area contributed by atoms with E-state index in [0.717, 1.165) is 16.9 Å². The molecular weight excluding hydrogens is 533 g/mol. The zero-order valence-electron chi connectivity index (χ0n) is 19.6. The van der Waals surface area contributed by atoms with E-state index in [2.05, 4.69) is 15.5 Å². The molecule has 0 fully saturated rings. The van der Waals surface area contributed by atoms with Crippen molar-refractivity contribution in [1.82, 2.24) is 19.7 Å². The predicted octanol–water partition coefficient (Wildman–Crippen LogP) is 4.86. The molecule has 13 heteroatoms. The Morgan fingerprint density at radius 3 is 2.51 bits per heavy atom. The summed E-state index contributed by atoms with van der Waals surface area (Å²) in [4.78, 5) is 39.4. The molecule has 0 saturated carbocycles. The van der Waals surface area contributed by atoms with Gasteiger partial charge < -0.3 is 19.5 Å². The van der Waals surface area contributed by atoms with E-state index in [4.69, 9.17) is 27.9 Å². The minimum atomic E-state index is -0.628. The molecule has 3 aromatic rings. The summed E-state index contributed by atoms with van der Waals surface area (Å²) in [5, 5.41) is 12.8. The molecule has 0 unspecified atom stereocenters. The Labute approximate surface area is 220 Å². The van der Waals surface area contributed by atoms with Crippen LogP contribution in [0, 0.1) is 6.92 Å². The molecule has 9 nitrogen and oxygen atoms in total. The molecule has 2 aromatic heterocycles. The molecule has 0 spiro atoms. The summed E-state index contributed by atoms with van der Waals surface area (Å²) in [5.41, 5.74) is 1.38. The van der Waals surface area contributed by atoms with E-state index < -0.39 is 5.97 Å². The predicted molar refractivity (Wildman–Crippen MR) is 139 cm³/mol. The molecule has 1 aromatic carbocycles. The van der Waals surface area contributed by atoms with Crippen LogP contribution in [0.3, 0.4) is 0 Å². The smallest absolute Gasteiger partial charge is 0.341 e. The van der Waals surface area contributed by atoms with Crippen molar-refractivity contribution in [3.05, 3.63) is 44.2 Å². The van der Waals surface area contributed by atoms with E-state index in [1.807, 2.05) is 11.5 Å². The lowest BCUT2D eigenvalue weighted by atomic mass is 10.1. The molecule has 0 radical (unpaired) electrons. The van der Waals surface area contributed by atoms with Crippen LogP contribution in [-0.4, -0.2) is 64.4 Å². The highest BCUT2D eigenvalue weighted by Gasteiger charge is 2.27. The number of anilines is 1. The van der Waals surface area contributed by atoms with Crippen LogP contribution < -0.4 is 5.32 Å². The highest BCUT2D eigenvalue weighted by Crippen LogP contribution is 2.35. The van der Waals surface area contributed by atoms with Crippen LogP contribution in [0.15, 0.2) is 23.4 Å². The number of methoxy groups -OCH3 is 1. The molecule has 0 aliphatic heterocycles. The van der Waals surface area contributed by atoms with Crippen LogP contribution >= 0.6 is 46.3 Å². The number of thiophene rings is 1. The van der Waals surface area contributed by atoms with Crippen molar-refractivity contribution < 1.29 is 19.1 Å². The van der Waals surface area contributed by atoms with Crippen LogP contribution in [0.4, 0.5) is 5.00 Å². The van der Waals surface area contributed by atoms with Crippen molar-refractivity contribution in [1.29, 1.82) is 0 Å². The highest BCUT2D eigenvalue weighted by atomic mass is 35.5. The fourth-order valence-electron chi connectivity index (χ4n) is 3.18. The van der Waals surface area contributed by atoms with E-state index in [1.165, 1.54) is 23.8 Å². The molecule has 0 atom stereocenters. The SMILES string of the molecule is CCn1c(SCC(=O)Nc2sc(C(=O)N(C)C)c(C)c2C(=O)OC)nnc1-c1ccc(Cl)c(Cl)c1. The number of rotatable bonds is 8. The van der Waals surface area contributed by atoms with Crippen LogP contribution in [0.25, 0.3) is 11.4 Å². The van der Waals surface area contributed by atoms with E-state index in [1.54, 1.807) is 39.2 Å². The van der Waals surface area contributed by atoms with E-state index in [0.29, 0.717) is 38.0 Å². The fraction of sp³-hybridized carbons (Fsp3) is 0.318. The first-order chi connectivity index (χ1) is 16.6. The zero-order chi connectivity index (χ0) is 25.9. The molecule has 2 amide bonds. The Balaban J connectivity index is 1.79. The number of nitrogens with zero attached hydrogens (tertiary/aromatic N) is 4. The van der Waals surface area contributed by atoms with Gasteiger partial charge in [-0.05, 0) is 37.6 Å². The second-order valence-corrected chi connectivity index (χ2v) is 10.2. The summed E-state index contributed by atoms with van der Waals surface area (Å²) in [7, 11) is 4.48. The number of halogens is 2. The Morgan fingerprint density at radius 1 is 1.20 bits per heavy atom. The summed E-state index contributed by atoms with van der Waals surface area (Å²) in [6.07, 6.45) is 0. The number of thioether (sulfide) groups is 1. The van der Waals surface area contributed by atoms with Crippen LogP contribution in [0.5, 0.6) is 0 Å². The maximum atomic E-state index is 12.8. The van der Waals surface area contributed by atoms with Gasteiger partial charge in [0.1, 0.15) is 5.00 Å². The average Bonchev–Trinajstić information content (AvgIpc) is 3.38. The van der Waals surface area contributed by atoms with Gasteiger partial charge in [-0.1, -0.05) is 35.0 Å². The molecule has 2 heterocycles. The Morgan fingerprint density at radius 2 is 1.91 bits per heavy atom. The van der Waals surface area contributed by atoms with Gasteiger partial charge in [-0.15, -0.1) is 21.5 Å². The number of nitrogens with one attached hydrogen (secondary N) is 1. The van der Waals surface area contributed by atoms with Gasteiger partial charge in [0.25, 0.3) is 5.91 Å². The molecule has 0 aliphatic rings. The van der Waals surface area contributed by atoms with Crippen molar-refractivity contribution in [3.63, 3.8) is 0 Å². The first-order valence-corrected chi connectivity index (χ1v) is 12.9. The third-order valence-electron chi connectivity index (χ3n) is 4.93. The first kappa shape index (κ1) is 27.0. The molecular formula is C22H23Cl2N5O4S2. The average molecular weight is 556 g/mol. The number of ether oxygens (including phenoxy) is 1. The minimum Gasteiger partial charge on any atom is -0.465 e. The number of hydrogen-bond donors (Lipinski definition) is 1. The van der Waals surface area contributed by atoms with Gasteiger partial charge >= 0.3 is 5.97 Å². The molecule has 0 saturated heterocycles. The Hall–Kier alpha value is -2.60. The molecule has 186 valence electrons. The number of carbonyl (C=O) groups is 3. The van der Waals surface area contributed by atoms with Gasteiger partial charge in [0, 0.05) is 26.2 Å². The summed E-state index contributed by atoms with van der Waals surface area (Å²) < 4.78 is 6.72. The third-order valence-corrected chi connectivity index (χ3v) is 7.83. The number of amides is 2. The second kappa shape index (κ2) is 11.4. The number of carbonyl (C=O) groups excluding carboxylic acids is 3. The maximum Gasteiger partial charge on any atom is 0.341 e. The maximum absolute atomic E-state index is 12.8. The van der Waals surface area contributed by atoms with Gasteiger partial charge in [0.2, 0.25) is 5.91 Å². The Kier molecular flexibility index (Phi) is 8.81. The summed E-state index contributed by atoms with van der Waals surface area (Å²) in [6, 6.07) is 5.19. The normalized spacial score (nSPS) is 10.8.